The molecule has 11 heteroatoms. The topological polar surface area (TPSA) is 149 Å². The molecule has 0 saturated heterocycles. The van der Waals surface area contributed by atoms with Crippen LogP contribution in [0.3, 0.4) is 0 Å². The molecule has 10 nitrogen and oxygen atoms in total. The van der Waals surface area contributed by atoms with Gasteiger partial charge in [0, 0.05) is 12.8 Å². The van der Waals surface area contributed by atoms with E-state index in [2.05, 4.69) is 38.2 Å². The van der Waals surface area contributed by atoms with Gasteiger partial charge in [-0.3, -0.25) is 18.6 Å². The molecule has 0 aliphatic heterocycles. The fourth-order valence-electron chi connectivity index (χ4n) is 6.84. The summed E-state index contributed by atoms with van der Waals surface area (Å²) in [5.74, 6) is -0.930. The first-order chi connectivity index (χ1) is 28.7. The molecule has 0 aromatic heterocycles. The van der Waals surface area contributed by atoms with Crippen LogP contribution in [0.25, 0.3) is 0 Å². The summed E-state index contributed by atoms with van der Waals surface area (Å²) in [5.41, 5.74) is 0. The van der Waals surface area contributed by atoms with Crippen molar-refractivity contribution in [1.29, 1.82) is 0 Å². The maximum absolute atomic E-state index is 12.6. The highest BCUT2D eigenvalue weighted by Crippen LogP contribution is 2.43. The van der Waals surface area contributed by atoms with Crippen molar-refractivity contribution < 1.29 is 47.8 Å². The van der Waals surface area contributed by atoms with Crippen molar-refractivity contribution in [3.05, 3.63) is 24.3 Å². The number of ether oxygens (including phenoxy) is 2. The van der Waals surface area contributed by atoms with Crippen LogP contribution in [0, 0.1) is 0 Å². The summed E-state index contributed by atoms with van der Waals surface area (Å²) < 4.78 is 32.8. The van der Waals surface area contributed by atoms with Crippen molar-refractivity contribution in [2.24, 2.45) is 0 Å². The van der Waals surface area contributed by atoms with Crippen molar-refractivity contribution in [3.63, 3.8) is 0 Å². The van der Waals surface area contributed by atoms with E-state index in [0.717, 1.165) is 64.2 Å². The Morgan fingerprint density at radius 3 is 1.36 bits per heavy atom. The van der Waals surface area contributed by atoms with Gasteiger partial charge in [-0.15, -0.1) is 0 Å². The third-order valence-electron chi connectivity index (χ3n) is 10.6. The molecule has 1 unspecified atom stereocenters. The van der Waals surface area contributed by atoms with Gasteiger partial charge in [0.05, 0.1) is 19.8 Å². The van der Waals surface area contributed by atoms with Crippen molar-refractivity contribution in [2.75, 3.05) is 26.4 Å². The first kappa shape index (κ1) is 57.4. The van der Waals surface area contributed by atoms with Gasteiger partial charge in [-0.1, -0.05) is 205 Å². The Labute approximate surface area is 361 Å². The van der Waals surface area contributed by atoms with E-state index < -0.39 is 51.8 Å². The Balaban J connectivity index is 4.14. The van der Waals surface area contributed by atoms with Gasteiger partial charge in [-0.2, -0.15) is 0 Å². The van der Waals surface area contributed by atoms with E-state index in [1.165, 1.54) is 128 Å². The number of phosphoric acid groups is 1. The molecule has 59 heavy (non-hydrogen) atoms. The SMILES string of the molecule is CCCC/C=C/C/C=C/CCCCCCCC(=O)O[C@H](COC(=O)CCCCCCCCCCCCCCCCCCCCCCCC)COP(=O)(O)OC[C@H](O)CO. The number of phosphoric ester groups is 1. The number of unbranched alkanes of at least 4 members (excludes halogenated alkanes) is 28. The van der Waals surface area contributed by atoms with Crippen molar-refractivity contribution in [3.8, 4) is 0 Å². The number of aliphatic hydroxyl groups excluding tert-OH is 2. The molecule has 0 aromatic rings. The highest BCUT2D eigenvalue weighted by atomic mass is 31.2. The number of allylic oxidation sites excluding steroid dienone is 4. The molecular weight excluding hydrogens is 767 g/mol. The molecule has 0 fully saturated rings. The van der Waals surface area contributed by atoms with Crippen LogP contribution >= 0.6 is 7.82 Å². The normalized spacial score (nSPS) is 13.9. The first-order valence-corrected chi connectivity index (χ1v) is 25.8. The largest absolute Gasteiger partial charge is 0.472 e. The number of esters is 2. The van der Waals surface area contributed by atoms with Crippen LogP contribution in [0.1, 0.15) is 232 Å². The summed E-state index contributed by atoms with van der Waals surface area (Å²) in [5, 5.41) is 18.4. The summed E-state index contributed by atoms with van der Waals surface area (Å²) in [6.07, 6.45) is 45.8. The Kier molecular flexibility index (Phi) is 43.3. The van der Waals surface area contributed by atoms with Crippen LogP contribution in [0.4, 0.5) is 0 Å². The molecule has 0 spiro atoms. The predicted molar refractivity (Wildman–Crippen MR) is 242 cm³/mol. The zero-order valence-corrected chi connectivity index (χ0v) is 38.9. The molecule has 0 heterocycles. The molecule has 3 N–H and O–H groups in total. The van der Waals surface area contributed by atoms with Gasteiger partial charge >= 0.3 is 19.8 Å². The van der Waals surface area contributed by atoms with Crippen LogP contribution in [0.5, 0.6) is 0 Å². The molecular formula is C48H91O10P. The second-order valence-corrected chi connectivity index (χ2v) is 17.9. The third-order valence-corrected chi connectivity index (χ3v) is 11.6. The fourth-order valence-corrected chi connectivity index (χ4v) is 7.62. The van der Waals surface area contributed by atoms with E-state index in [9.17, 15) is 24.2 Å². The van der Waals surface area contributed by atoms with Crippen LogP contribution in [-0.2, 0) is 32.7 Å². The molecule has 3 atom stereocenters. The standard InChI is InChI=1S/C48H91O10P/c1-3-5-7-9-11-13-15-17-19-20-21-22-23-24-25-26-28-29-31-33-35-37-39-47(51)55-43-46(44-57-59(53,54)56-42-45(50)41-49)58-48(52)40-38-36-34-32-30-27-18-16-14-12-10-8-6-4-2/h10,12,16,18,45-46,49-50H,3-9,11,13-15,17,19-44H2,1-2H3,(H,53,54)/b12-10+,18-16+/t45-,46-/m1/s1. The summed E-state index contributed by atoms with van der Waals surface area (Å²) in [6, 6.07) is 0. The summed E-state index contributed by atoms with van der Waals surface area (Å²) in [6.45, 7) is 2.36. The zero-order chi connectivity index (χ0) is 43.3. The number of aliphatic hydroxyl groups is 2. The molecule has 0 rings (SSSR count). The molecule has 0 bridgehead atoms. The lowest BCUT2D eigenvalue weighted by Crippen LogP contribution is -2.29. The first-order valence-electron chi connectivity index (χ1n) is 24.3. The minimum atomic E-state index is -4.62. The summed E-state index contributed by atoms with van der Waals surface area (Å²) >= 11 is 0. The smallest absolute Gasteiger partial charge is 0.462 e. The van der Waals surface area contributed by atoms with E-state index in [0.29, 0.717) is 12.8 Å². The maximum atomic E-state index is 12.6. The Morgan fingerprint density at radius 2 is 0.898 bits per heavy atom. The molecule has 0 radical (unpaired) electrons. The summed E-state index contributed by atoms with van der Waals surface area (Å²) in [4.78, 5) is 35.1. The van der Waals surface area contributed by atoms with E-state index >= 15 is 0 Å². The summed E-state index contributed by atoms with van der Waals surface area (Å²) in [7, 11) is -4.62. The Hall–Kier alpha value is -1.55. The van der Waals surface area contributed by atoms with Crippen molar-refractivity contribution in [1.82, 2.24) is 0 Å². The monoisotopic (exact) mass is 859 g/mol. The minimum absolute atomic E-state index is 0.171. The minimum Gasteiger partial charge on any atom is -0.462 e. The fraction of sp³-hybridized carbons (Fsp3) is 0.875. The lowest BCUT2D eigenvalue weighted by atomic mass is 10.0. The molecule has 0 aromatic carbocycles. The van der Waals surface area contributed by atoms with Crippen molar-refractivity contribution >= 4 is 19.8 Å². The second kappa shape index (κ2) is 44.5. The van der Waals surface area contributed by atoms with Crippen LogP contribution in [-0.4, -0.2) is 65.7 Å². The lowest BCUT2D eigenvalue weighted by molar-refractivity contribution is -0.161. The maximum Gasteiger partial charge on any atom is 0.472 e. The van der Waals surface area contributed by atoms with E-state index in [1.54, 1.807) is 0 Å². The van der Waals surface area contributed by atoms with Gasteiger partial charge in [0.15, 0.2) is 6.10 Å². The van der Waals surface area contributed by atoms with Gasteiger partial charge in [-0.05, 0) is 38.5 Å². The molecule has 348 valence electrons. The molecule has 0 aliphatic rings. The van der Waals surface area contributed by atoms with E-state index in [-0.39, 0.29) is 19.4 Å². The number of hydrogen-bond acceptors (Lipinski definition) is 9. The average Bonchev–Trinajstić information content (AvgIpc) is 3.22. The van der Waals surface area contributed by atoms with Crippen LogP contribution < -0.4 is 0 Å². The highest BCUT2D eigenvalue weighted by molar-refractivity contribution is 7.47. The lowest BCUT2D eigenvalue weighted by Gasteiger charge is -2.20. The average molecular weight is 859 g/mol. The van der Waals surface area contributed by atoms with Crippen LogP contribution in [0.2, 0.25) is 0 Å². The number of carbonyl (C=O) groups is 2. The van der Waals surface area contributed by atoms with Gasteiger partial charge in [0.1, 0.15) is 12.7 Å². The quantitative estimate of drug-likeness (QED) is 0.0234. The highest BCUT2D eigenvalue weighted by Gasteiger charge is 2.27. The Bertz CT molecular complexity index is 1040. The number of rotatable bonds is 46. The van der Waals surface area contributed by atoms with Gasteiger partial charge in [-0.25, -0.2) is 4.57 Å². The van der Waals surface area contributed by atoms with Gasteiger partial charge < -0.3 is 24.6 Å². The van der Waals surface area contributed by atoms with Crippen molar-refractivity contribution in [2.45, 2.75) is 244 Å². The molecule has 0 amide bonds. The number of carbonyl (C=O) groups excluding carboxylic acids is 2. The van der Waals surface area contributed by atoms with Gasteiger partial charge in [0.25, 0.3) is 0 Å². The Morgan fingerprint density at radius 1 is 0.508 bits per heavy atom. The second-order valence-electron chi connectivity index (χ2n) is 16.5. The van der Waals surface area contributed by atoms with Crippen LogP contribution in [0.15, 0.2) is 24.3 Å². The molecule has 0 aliphatic carbocycles. The van der Waals surface area contributed by atoms with E-state index in [4.69, 9.17) is 23.6 Å². The number of hydrogen-bond donors (Lipinski definition) is 3. The predicted octanol–water partition coefficient (Wildman–Crippen LogP) is 13.3. The third kappa shape index (κ3) is 44.3. The molecule has 0 saturated carbocycles. The van der Waals surface area contributed by atoms with Gasteiger partial charge in [0.2, 0.25) is 0 Å². The zero-order valence-electron chi connectivity index (χ0n) is 38.0. The van der Waals surface area contributed by atoms with E-state index in [1.807, 2.05) is 0 Å².